The molecule has 1 saturated carbocycles. The zero-order chi connectivity index (χ0) is 23.2. The molecule has 1 fully saturated rings. The molecule has 1 heterocycles. The molecule has 2 aromatic carbocycles. The van der Waals surface area contributed by atoms with Crippen LogP contribution in [0.15, 0.2) is 73.1 Å². The maximum Gasteiger partial charge on any atom is 0.257 e. The number of carbonyl (C=O) groups excluding carboxylic acids is 2. The van der Waals surface area contributed by atoms with Crippen molar-refractivity contribution in [2.75, 3.05) is 5.32 Å². The minimum absolute atomic E-state index is 0.0306. The number of rotatable bonds is 6. The molecule has 1 aromatic heterocycles. The fourth-order valence-corrected chi connectivity index (χ4v) is 4.36. The number of nitrogens with zero attached hydrogens (tertiary/aromatic N) is 2. The standard InChI is InChI=1S/C26H27ClN4O2/c27-24-13-10-22(30-25(32)19-7-4-14-29-16-19)15-20(24)17-31(23-11-8-21(28)9-12-23)26(33)18-5-2-1-3-6-18/h1-7,10,13-16,21,23H,8-9,11-12,17,28H2,(H,30,32). The monoisotopic (exact) mass is 462 g/mol. The van der Waals surface area contributed by atoms with E-state index in [9.17, 15) is 9.59 Å². The van der Waals surface area contributed by atoms with Gasteiger partial charge in [0.1, 0.15) is 0 Å². The number of amides is 2. The molecule has 0 unspecified atom stereocenters. The van der Waals surface area contributed by atoms with Gasteiger partial charge in [0, 0.05) is 47.3 Å². The molecule has 0 radical (unpaired) electrons. The molecule has 0 saturated heterocycles. The van der Waals surface area contributed by atoms with E-state index in [4.69, 9.17) is 17.3 Å². The van der Waals surface area contributed by atoms with Crippen molar-refractivity contribution in [2.24, 2.45) is 5.73 Å². The molecular weight excluding hydrogens is 436 g/mol. The summed E-state index contributed by atoms with van der Waals surface area (Å²) in [5.41, 5.74) is 8.60. The average molecular weight is 463 g/mol. The van der Waals surface area contributed by atoms with Crippen molar-refractivity contribution in [1.29, 1.82) is 0 Å². The Bertz CT molecular complexity index is 1100. The van der Waals surface area contributed by atoms with Crippen molar-refractivity contribution >= 4 is 29.1 Å². The highest BCUT2D eigenvalue weighted by Gasteiger charge is 2.29. The van der Waals surface area contributed by atoms with E-state index < -0.39 is 0 Å². The predicted octanol–water partition coefficient (Wildman–Crippen LogP) is 4.90. The Morgan fingerprint density at radius 1 is 1.00 bits per heavy atom. The fourth-order valence-electron chi connectivity index (χ4n) is 4.18. The number of aromatic nitrogens is 1. The number of anilines is 1. The van der Waals surface area contributed by atoms with Gasteiger partial charge >= 0.3 is 0 Å². The SMILES string of the molecule is NC1CCC(N(Cc2cc(NC(=O)c3cccnc3)ccc2Cl)C(=O)c2ccccc2)CC1. The van der Waals surface area contributed by atoms with E-state index in [2.05, 4.69) is 10.3 Å². The first kappa shape index (κ1) is 23.0. The van der Waals surface area contributed by atoms with Gasteiger partial charge in [0.25, 0.3) is 11.8 Å². The van der Waals surface area contributed by atoms with Gasteiger partial charge in [0.15, 0.2) is 0 Å². The maximum absolute atomic E-state index is 13.5. The zero-order valence-corrected chi connectivity index (χ0v) is 19.0. The molecule has 0 spiro atoms. The lowest BCUT2D eigenvalue weighted by atomic mass is 9.90. The van der Waals surface area contributed by atoms with Gasteiger partial charge in [-0.3, -0.25) is 14.6 Å². The van der Waals surface area contributed by atoms with E-state index in [1.54, 1.807) is 30.5 Å². The Balaban J connectivity index is 1.58. The molecule has 3 aromatic rings. The molecule has 170 valence electrons. The highest BCUT2D eigenvalue weighted by Crippen LogP contribution is 2.29. The van der Waals surface area contributed by atoms with Crippen LogP contribution in [0, 0.1) is 0 Å². The van der Waals surface area contributed by atoms with Crippen LogP contribution in [0.1, 0.15) is 52.0 Å². The van der Waals surface area contributed by atoms with E-state index in [0.29, 0.717) is 28.4 Å². The lowest BCUT2D eigenvalue weighted by molar-refractivity contribution is 0.0606. The summed E-state index contributed by atoms with van der Waals surface area (Å²) < 4.78 is 0. The van der Waals surface area contributed by atoms with Crippen LogP contribution in [0.5, 0.6) is 0 Å². The molecule has 7 heteroatoms. The van der Waals surface area contributed by atoms with Crippen LogP contribution in [-0.2, 0) is 6.54 Å². The number of hydrogen-bond donors (Lipinski definition) is 2. The summed E-state index contributed by atoms with van der Waals surface area (Å²) in [6, 6.07) is 18.3. The molecule has 33 heavy (non-hydrogen) atoms. The minimum Gasteiger partial charge on any atom is -0.331 e. The predicted molar refractivity (Wildman–Crippen MR) is 130 cm³/mol. The van der Waals surface area contributed by atoms with Crippen molar-refractivity contribution in [3.05, 3.63) is 94.8 Å². The van der Waals surface area contributed by atoms with Gasteiger partial charge in [-0.2, -0.15) is 0 Å². The van der Waals surface area contributed by atoms with E-state index >= 15 is 0 Å². The second kappa shape index (κ2) is 10.6. The van der Waals surface area contributed by atoms with E-state index in [0.717, 1.165) is 31.2 Å². The van der Waals surface area contributed by atoms with Gasteiger partial charge in [-0.25, -0.2) is 0 Å². The molecule has 0 bridgehead atoms. The van der Waals surface area contributed by atoms with E-state index in [1.165, 1.54) is 6.20 Å². The largest absolute Gasteiger partial charge is 0.331 e. The van der Waals surface area contributed by atoms with Gasteiger partial charge in [0.2, 0.25) is 0 Å². The van der Waals surface area contributed by atoms with Gasteiger partial charge < -0.3 is 16.0 Å². The van der Waals surface area contributed by atoms with Gasteiger partial charge in [-0.15, -0.1) is 0 Å². The minimum atomic E-state index is -0.255. The second-order valence-electron chi connectivity index (χ2n) is 8.37. The lowest BCUT2D eigenvalue weighted by Gasteiger charge is -2.36. The fraction of sp³-hybridized carbons (Fsp3) is 0.269. The third kappa shape index (κ3) is 5.78. The van der Waals surface area contributed by atoms with Crippen LogP contribution in [-0.4, -0.2) is 33.8 Å². The van der Waals surface area contributed by atoms with Crippen LogP contribution in [0.4, 0.5) is 5.69 Å². The number of hydrogen-bond acceptors (Lipinski definition) is 4. The first-order chi connectivity index (χ1) is 16.0. The Hall–Kier alpha value is -3.22. The van der Waals surface area contributed by atoms with E-state index in [-0.39, 0.29) is 23.9 Å². The third-order valence-corrected chi connectivity index (χ3v) is 6.40. The number of halogens is 1. The molecule has 0 atom stereocenters. The smallest absolute Gasteiger partial charge is 0.257 e. The third-order valence-electron chi connectivity index (χ3n) is 6.03. The summed E-state index contributed by atoms with van der Waals surface area (Å²) in [5.74, 6) is -0.285. The summed E-state index contributed by atoms with van der Waals surface area (Å²) in [6.07, 6.45) is 6.62. The molecule has 4 rings (SSSR count). The van der Waals surface area contributed by atoms with Crippen LogP contribution in [0.25, 0.3) is 0 Å². The summed E-state index contributed by atoms with van der Waals surface area (Å²) in [4.78, 5) is 31.9. The topological polar surface area (TPSA) is 88.3 Å². The van der Waals surface area contributed by atoms with Crippen molar-refractivity contribution in [1.82, 2.24) is 9.88 Å². The Morgan fingerprint density at radius 2 is 1.73 bits per heavy atom. The first-order valence-corrected chi connectivity index (χ1v) is 11.5. The van der Waals surface area contributed by atoms with Crippen molar-refractivity contribution in [2.45, 2.75) is 44.3 Å². The highest BCUT2D eigenvalue weighted by atomic mass is 35.5. The first-order valence-electron chi connectivity index (χ1n) is 11.1. The summed E-state index contributed by atoms with van der Waals surface area (Å²) in [5, 5.41) is 3.44. The molecule has 2 amide bonds. The van der Waals surface area contributed by atoms with Crippen molar-refractivity contribution in [3.63, 3.8) is 0 Å². The van der Waals surface area contributed by atoms with Crippen LogP contribution >= 0.6 is 11.6 Å². The normalized spacial score (nSPS) is 17.9. The number of benzene rings is 2. The maximum atomic E-state index is 13.5. The molecule has 6 nitrogen and oxygen atoms in total. The van der Waals surface area contributed by atoms with Gasteiger partial charge in [-0.1, -0.05) is 29.8 Å². The number of nitrogens with one attached hydrogen (secondary N) is 1. The second-order valence-corrected chi connectivity index (χ2v) is 8.78. The van der Waals surface area contributed by atoms with Crippen molar-refractivity contribution in [3.8, 4) is 0 Å². The Kier molecular flexibility index (Phi) is 7.37. The van der Waals surface area contributed by atoms with Gasteiger partial charge in [-0.05, 0) is 73.7 Å². The van der Waals surface area contributed by atoms with E-state index in [1.807, 2.05) is 41.3 Å². The van der Waals surface area contributed by atoms with Crippen LogP contribution < -0.4 is 11.1 Å². The van der Waals surface area contributed by atoms with Gasteiger partial charge in [0.05, 0.1) is 5.56 Å². The number of nitrogens with two attached hydrogens (primary N) is 1. The summed E-state index contributed by atoms with van der Waals surface area (Å²) in [6.45, 7) is 0.350. The summed E-state index contributed by atoms with van der Waals surface area (Å²) in [7, 11) is 0. The molecular formula is C26H27ClN4O2. The Labute approximate surface area is 198 Å². The quantitative estimate of drug-likeness (QED) is 0.545. The lowest BCUT2D eigenvalue weighted by Crippen LogP contribution is -2.43. The molecule has 1 aliphatic rings. The number of pyridine rings is 1. The number of carbonyl (C=O) groups is 2. The molecule has 3 N–H and O–H groups in total. The highest BCUT2D eigenvalue weighted by molar-refractivity contribution is 6.31. The zero-order valence-electron chi connectivity index (χ0n) is 18.3. The summed E-state index contributed by atoms with van der Waals surface area (Å²) >= 11 is 6.53. The van der Waals surface area contributed by atoms with Crippen LogP contribution in [0.2, 0.25) is 5.02 Å². The van der Waals surface area contributed by atoms with Crippen molar-refractivity contribution < 1.29 is 9.59 Å². The average Bonchev–Trinajstić information content (AvgIpc) is 2.85. The Morgan fingerprint density at radius 3 is 2.42 bits per heavy atom. The molecule has 1 aliphatic carbocycles. The molecule has 0 aliphatic heterocycles. The van der Waals surface area contributed by atoms with Crippen LogP contribution in [0.3, 0.4) is 0 Å².